The van der Waals surface area contributed by atoms with Crippen LogP contribution in [-0.4, -0.2) is 0 Å². The van der Waals surface area contributed by atoms with Crippen LogP contribution in [0.4, 0.5) is 4.39 Å². The van der Waals surface area contributed by atoms with Crippen LogP contribution in [0.25, 0.3) is 23.0 Å². The molecule has 0 amide bonds. The number of halogens is 1. The number of nitriles is 1. The number of rotatable bonds is 3. The van der Waals surface area contributed by atoms with Crippen LogP contribution in [0.2, 0.25) is 0 Å². The summed E-state index contributed by atoms with van der Waals surface area (Å²) in [5.41, 5.74) is 3.22. The molecule has 3 rings (SSSR count). The highest BCUT2D eigenvalue weighted by Gasteiger charge is 2.06. The molecule has 1 heterocycles. The standard InChI is InChI=1S/C20H14FNO/c1-14-3-2-4-16(11-14)20-10-9-19(23-20)12-17(13-22)15-5-7-18(21)8-6-15/h2-12H,1H3. The summed E-state index contributed by atoms with van der Waals surface area (Å²) in [5, 5.41) is 9.32. The van der Waals surface area contributed by atoms with Gasteiger partial charge in [-0.3, -0.25) is 0 Å². The number of aryl methyl sites for hydroxylation is 1. The summed E-state index contributed by atoms with van der Waals surface area (Å²) >= 11 is 0. The SMILES string of the molecule is Cc1cccc(-c2ccc(C=C(C#N)c3ccc(F)cc3)o2)c1. The summed E-state index contributed by atoms with van der Waals surface area (Å²) in [6, 6.07) is 19.7. The maximum Gasteiger partial charge on any atom is 0.134 e. The molecule has 1 aromatic heterocycles. The zero-order chi connectivity index (χ0) is 16.2. The number of allylic oxidation sites excluding steroid dienone is 1. The van der Waals surface area contributed by atoms with Crippen LogP contribution in [0.1, 0.15) is 16.9 Å². The summed E-state index contributed by atoms with van der Waals surface area (Å²) in [6.45, 7) is 2.02. The van der Waals surface area contributed by atoms with Crippen LogP contribution in [-0.2, 0) is 0 Å². The third-order valence-electron chi connectivity index (χ3n) is 3.49. The van der Waals surface area contributed by atoms with Gasteiger partial charge in [0.2, 0.25) is 0 Å². The first-order valence-corrected chi connectivity index (χ1v) is 7.20. The highest BCUT2D eigenvalue weighted by atomic mass is 19.1. The Morgan fingerprint density at radius 1 is 1.09 bits per heavy atom. The lowest BCUT2D eigenvalue weighted by Gasteiger charge is -1.99. The molecule has 0 atom stereocenters. The summed E-state index contributed by atoms with van der Waals surface area (Å²) < 4.78 is 18.8. The fourth-order valence-electron chi connectivity index (χ4n) is 2.34. The minimum atomic E-state index is -0.328. The van der Waals surface area contributed by atoms with Crippen molar-refractivity contribution in [3.63, 3.8) is 0 Å². The summed E-state index contributed by atoms with van der Waals surface area (Å²) in [4.78, 5) is 0. The first kappa shape index (κ1) is 14.8. The molecule has 0 aliphatic carbocycles. The van der Waals surface area contributed by atoms with Crippen molar-refractivity contribution in [1.29, 1.82) is 5.26 Å². The van der Waals surface area contributed by atoms with Crippen molar-refractivity contribution in [2.45, 2.75) is 6.92 Å². The van der Waals surface area contributed by atoms with Gasteiger partial charge in [0.25, 0.3) is 0 Å². The molecule has 0 spiro atoms. The first-order chi connectivity index (χ1) is 11.2. The predicted molar refractivity (Wildman–Crippen MR) is 88.8 cm³/mol. The van der Waals surface area contributed by atoms with Crippen molar-refractivity contribution in [2.24, 2.45) is 0 Å². The summed E-state index contributed by atoms with van der Waals surface area (Å²) in [5.74, 6) is 1.00. The third-order valence-corrected chi connectivity index (χ3v) is 3.49. The van der Waals surface area contributed by atoms with Crippen LogP contribution in [0.15, 0.2) is 65.1 Å². The van der Waals surface area contributed by atoms with Gasteiger partial charge in [-0.15, -0.1) is 0 Å². The van der Waals surface area contributed by atoms with E-state index in [4.69, 9.17) is 4.42 Å². The van der Waals surface area contributed by atoms with Gasteiger partial charge in [-0.25, -0.2) is 4.39 Å². The average molecular weight is 303 g/mol. The molecular formula is C20H14FNO. The van der Waals surface area contributed by atoms with E-state index in [2.05, 4.69) is 6.07 Å². The van der Waals surface area contributed by atoms with Crippen LogP contribution in [0.3, 0.4) is 0 Å². The number of hydrogen-bond donors (Lipinski definition) is 0. The molecule has 0 unspecified atom stereocenters. The maximum absolute atomic E-state index is 13.0. The van der Waals surface area contributed by atoms with E-state index >= 15 is 0 Å². The second kappa shape index (κ2) is 6.33. The topological polar surface area (TPSA) is 36.9 Å². The lowest BCUT2D eigenvalue weighted by atomic mass is 10.1. The van der Waals surface area contributed by atoms with Gasteiger partial charge in [-0.05, 0) is 48.9 Å². The Balaban J connectivity index is 1.93. The Morgan fingerprint density at radius 3 is 2.57 bits per heavy atom. The predicted octanol–water partition coefficient (Wildman–Crippen LogP) is 5.46. The van der Waals surface area contributed by atoms with Crippen molar-refractivity contribution < 1.29 is 8.81 Å². The Hall–Kier alpha value is -3.12. The van der Waals surface area contributed by atoms with Crippen LogP contribution in [0.5, 0.6) is 0 Å². The van der Waals surface area contributed by atoms with Crippen molar-refractivity contribution in [3.05, 3.63) is 83.4 Å². The van der Waals surface area contributed by atoms with E-state index in [0.717, 1.165) is 16.9 Å². The minimum absolute atomic E-state index is 0.328. The number of benzene rings is 2. The Kier molecular flexibility index (Phi) is 4.07. The van der Waals surface area contributed by atoms with Gasteiger partial charge in [0.05, 0.1) is 11.6 Å². The monoisotopic (exact) mass is 303 g/mol. The molecule has 3 heteroatoms. The lowest BCUT2D eigenvalue weighted by Crippen LogP contribution is -1.82. The van der Waals surface area contributed by atoms with Crippen molar-refractivity contribution in [3.8, 4) is 17.4 Å². The van der Waals surface area contributed by atoms with Gasteiger partial charge >= 0.3 is 0 Å². The molecule has 0 fully saturated rings. The van der Waals surface area contributed by atoms with E-state index in [1.54, 1.807) is 18.2 Å². The molecule has 2 nitrogen and oxygen atoms in total. The summed E-state index contributed by atoms with van der Waals surface area (Å²) in [6.07, 6.45) is 1.66. The van der Waals surface area contributed by atoms with E-state index in [1.807, 2.05) is 43.3 Å². The van der Waals surface area contributed by atoms with Crippen LogP contribution in [0, 0.1) is 24.1 Å². The zero-order valence-corrected chi connectivity index (χ0v) is 12.6. The zero-order valence-electron chi connectivity index (χ0n) is 12.6. The molecule has 23 heavy (non-hydrogen) atoms. The smallest absolute Gasteiger partial charge is 0.134 e. The molecular weight excluding hydrogens is 289 g/mol. The fourth-order valence-corrected chi connectivity index (χ4v) is 2.34. The van der Waals surface area contributed by atoms with Gasteiger partial charge in [0.15, 0.2) is 0 Å². The molecule has 0 N–H and O–H groups in total. The van der Waals surface area contributed by atoms with E-state index < -0.39 is 0 Å². The normalized spacial score (nSPS) is 11.3. The molecule has 0 bridgehead atoms. The molecule has 112 valence electrons. The first-order valence-electron chi connectivity index (χ1n) is 7.20. The highest BCUT2D eigenvalue weighted by molar-refractivity contribution is 5.88. The van der Waals surface area contributed by atoms with Gasteiger partial charge in [0.1, 0.15) is 17.3 Å². The molecule has 0 aliphatic rings. The quantitative estimate of drug-likeness (QED) is 0.602. The van der Waals surface area contributed by atoms with E-state index in [-0.39, 0.29) is 5.82 Å². The molecule has 0 aliphatic heterocycles. The van der Waals surface area contributed by atoms with Crippen molar-refractivity contribution in [2.75, 3.05) is 0 Å². The number of nitrogens with zero attached hydrogens (tertiary/aromatic N) is 1. The Bertz CT molecular complexity index is 898. The van der Waals surface area contributed by atoms with Gasteiger partial charge in [-0.1, -0.05) is 35.9 Å². The minimum Gasteiger partial charge on any atom is -0.457 e. The Morgan fingerprint density at radius 2 is 1.87 bits per heavy atom. The van der Waals surface area contributed by atoms with Gasteiger partial charge in [-0.2, -0.15) is 5.26 Å². The molecule has 3 aromatic rings. The molecule has 0 radical (unpaired) electrons. The van der Waals surface area contributed by atoms with Crippen LogP contribution < -0.4 is 0 Å². The lowest BCUT2D eigenvalue weighted by molar-refractivity contribution is 0.572. The average Bonchev–Trinajstić information content (AvgIpc) is 3.02. The summed E-state index contributed by atoms with van der Waals surface area (Å²) in [7, 11) is 0. The number of hydrogen-bond acceptors (Lipinski definition) is 2. The largest absolute Gasteiger partial charge is 0.457 e. The van der Waals surface area contributed by atoms with Gasteiger partial charge in [0, 0.05) is 5.56 Å². The van der Waals surface area contributed by atoms with Crippen LogP contribution >= 0.6 is 0 Å². The molecule has 2 aromatic carbocycles. The van der Waals surface area contributed by atoms with E-state index in [1.165, 1.54) is 12.1 Å². The van der Waals surface area contributed by atoms with Crippen molar-refractivity contribution >= 4 is 11.6 Å². The second-order valence-corrected chi connectivity index (χ2v) is 5.25. The number of furan rings is 1. The third kappa shape index (κ3) is 3.38. The molecule has 0 saturated heterocycles. The fraction of sp³-hybridized carbons (Fsp3) is 0.0500. The maximum atomic E-state index is 13.0. The van der Waals surface area contributed by atoms with E-state index in [0.29, 0.717) is 16.9 Å². The highest BCUT2D eigenvalue weighted by Crippen LogP contribution is 2.25. The second-order valence-electron chi connectivity index (χ2n) is 5.25. The Labute approximate surface area is 134 Å². The molecule has 0 saturated carbocycles. The van der Waals surface area contributed by atoms with Gasteiger partial charge < -0.3 is 4.42 Å². The van der Waals surface area contributed by atoms with Crippen molar-refractivity contribution in [1.82, 2.24) is 0 Å². The van der Waals surface area contributed by atoms with E-state index in [9.17, 15) is 9.65 Å².